The van der Waals surface area contributed by atoms with Crippen LogP contribution in [-0.4, -0.2) is 23.3 Å². The Kier molecular flexibility index (Phi) is 5.22. The number of amides is 1. The highest BCUT2D eigenvalue weighted by Gasteiger charge is 2.11. The van der Waals surface area contributed by atoms with E-state index in [9.17, 15) is 9.59 Å². The largest absolute Gasteiger partial charge is 0.364 e. The third-order valence-corrected chi connectivity index (χ3v) is 2.73. The van der Waals surface area contributed by atoms with Gasteiger partial charge in [0, 0.05) is 30.4 Å². The molecule has 1 atom stereocenters. The van der Waals surface area contributed by atoms with E-state index in [1.165, 1.54) is 12.3 Å². The van der Waals surface area contributed by atoms with Gasteiger partial charge in [0.05, 0.1) is 0 Å². The molecule has 4 nitrogen and oxygen atoms in total. The number of carbonyl (C=O) groups excluding carboxylic acids is 1. The number of halogens is 1. The van der Waals surface area contributed by atoms with Gasteiger partial charge in [-0.3, -0.25) is 9.59 Å². The maximum atomic E-state index is 11.7. The lowest BCUT2D eigenvalue weighted by atomic mass is 10.1. The molecule has 94 valence electrons. The fourth-order valence-electron chi connectivity index (χ4n) is 1.40. The molecular formula is C12H17ClN2O2. The van der Waals surface area contributed by atoms with E-state index >= 15 is 0 Å². The van der Waals surface area contributed by atoms with Crippen molar-refractivity contribution >= 4 is 17.5 Å². The van der Waals surface area contributed by atoms with Gasteiger partial charge in [0.2, 0.25) is 0 Å². The summed E-state index contributed by atoms with van der Waals surface area (Å²) in [6.45, 7) is 4.30. The summed E-state index contributed by atoms with van der Waals surface area (Å²) in [6, 6.07) is 1.41. The van der Waals surface area contributed by atoms with E-state index in [1.807, 2.05) is 6.92 Å². The van der Waals surface area contributed by atoms with Crippen molar-refractivity contribution < 1.29 is 4.79 Å². The van der Waals surface area contributed by atoms with Crippen LogP contribution in [0.25, 0.3) is 0 Å². The number of hydrogen-bond donors (Lipinski definition) is 2. The lowest BCUT2D eigenvalue weighted by Gasteiger charge is -2.10. The number of carbonyl (C=O) groups is 1. The van der Waals surface area contributed by atoms with E-state index < -0.39 is 0 Å². The van der Waals surface area contributed by atoms with E-state index in [4.69, 9.17) is 11.6 Å². The first-order valence-corrected chi connectivity index (χ1v) is 6.11. The fourth-order valence-corrected chi connectivity index (χ4v) is 1.77. The molecule has 0 aliphatic carbocycles. The van der Waals surface area contributed by atoms with Crippen LogP contribution in [0.1, 0.15) is 29.4 Å². The zero-order chi connectivity index (χ0) is 12.8. The van der Waals surface area contributed by atoms with Gasteiger partial charge in [-0.15, -0.1) is 11.6 Å². The SMILES string of the molecule is Cc1cc(=O)c(C(=O)NCC(C)CCCl)c[nH]1. The minimum absolute atomic E-state index is 0.147. The summed E-state index contributed by atoms with van der Waals surface area (Å²) in [4.78, 5) is 26.1. The predicted octanol–water partition coefficient (Wildman–Crippen LogP) is 1.68. The number of nitrogens with one attached hydrogen (secondary N) is 2. The molecule has 1 amide bonds. The van der Waals surface area contributed by atoms with Gasteiger partial charge in [0.25, 0.3) is 5.91 Å². The van der Waals surface area contributed by atoms with Gasteiger partial charge in [-0.05, 0) is 19.3 Å². The smallest absolute Gasteiger partial charge is 0.256 e. The fraction of sp³-hybridized carbons (Fsp3) is 0.500. The maximum Gasteiger partial charge on any atom is 0.256 e. The van der Waals surface area contributed by atoms with Crippen molar-refractivity contribution in [3.8, 4) is 0 Å². The van der Waals surface area contributed by atoms with Crippen molar-refractivity contribution in [2.75, 3.05) is 12.4 Å². The van der Waals surface area contributed by atoms with Crippen LogP contribution >= 0.6 is 11.6 Å². The van der Waals surface area contributed by atoms with E-state index in [-0.39, 0.29) is 16.9 Å². The summed E-state index contributed by atoms with van der Waals surface area (Å²) in [5.74, 6) is 0.538. The summed E-state index contributed by atoms with van der Waals surface area (Å²) in [7, 11) is 0. The highest BCUT2D eigenvalue weighted by molar-refractivity contribution is 6.17. The second-order valence-electron chi connectivity index (χ2n) is 4.19. The number of H-pyrrole nitrogens is 1. The molecule has 1 unspecified atom stereocenters. The first kappa shape index (κ1) is 13.8. The highest BCUT2D eigenvalue weighted by atomic mass is 35.5. The number of hydrogen-bond acceptors (Lipinski definition) is 2. The van der Waals surface area contributed by atoms with Crippen LogP contribution in [-0.2, 0) is 0 Å². The molecule has 5 heteroatoms. The Hall–Kier alpha value is -1.29. The molecular weight excluding hydrogens is 240 g/mol. The molecule has 0 saturated carbocycles. The van der Waals surface area contributed by atoms with Crippen molar-refractivity contribution in [1.82, 2.24) is 10.3 Å². The van der Waals surface area contributed by atoms with E-state index in [1.54, 1.807) is 6.92 Å². The Morgan fingerprint density at radius 1 is 1.59 bits per heavy atom. The number of alkyl halides is 1. The van der Waals surface area contributed by atoms with E-state index in [2.05, 4.69) is 10.3 Å². The molecule has 0 bridgehead atoms. The molecule has 1 rings (SSSR count). The van der Waals surface area contributed by atoms with Crippen molar-refractivity contribution in [3.05, 3.63) is 33.7 Å². The molecule has 0 fully saturated rings. The molecule has 0 radical (unpaired) electrons. The summed E-state index contributed by atoms with van der Waals surface area (Å²) in [5.41, 5.74) is 0.625. The zero-order valence-electron chi connectivity index (χ0n) is 10.0. The molecule has 0 aliphatic rings. The van der Waals surface area contributed by atoms with Gasteiger partial charge in [-0.1, -0.05) is 6.92 Å². The number of rotatable bonds is 5. The Labute approximate surface area is 105 Å². The first-order valence-electron chi connectivity index (χ1n) is 5.58. The molecule has 0 saturated heterocycles. The van der Waals surface area contributed by atoms with Crippen LogP contribution in [0.3, 0.4) is 0 Å². The van der Waals surface area contributed by atoms with Crippen molar-refractivity contribution in [2.45, 2.75) is 20.3 Å². The van der Waals surface area contributed by atoms with Crippen LogP contribution < -0.4 is 10.7 Å². The normalized spacial score (nSPS) is 12.2. The maximum absolute atomic E-state index is 11.7. The quantitative estimate of drug-likeness (QED) is 0.788. The van der Waals surface area contributed by atoms with E-state index in [0.29, 0.717) is 18.3 Å². The average Bonchev–Trinajstić information content (AvgIpc) is 2.26. The van der Waals surface area contributed by atoms with Gasteiger partial charge >= 0.3 is 0 Å². The third-order valence-electron chi connectivity index (χ3n) is 2.51. The van der Waals surface area contributed by atoms with Gasteiger partial charge in [-0.2, -0.15) is 0 Å². The summed E-state index contributed by atoms with van der Waals surface area (Å²) < 4.78 is 0. The van der Waals surface area contributed by atoms with Gasteiger partial charge in [-0.25, -0.2) is 0 Å². The molecule has 1 aromatic heterocycles. The van der Waals surface area contributed by atoms with Gasteiger partial charge < -0.3 is 10.3 Å². The monoisotopic (exact) mass is 256 g/mol. The number of aromatic amines is 1. The average molecular weight is 257 g/mol. The van der Waals surface area contributed by atoms with E-state index in [0.717, 1.165) is 12.1 Å². The van der Waals surface area contributed by atoms with Crippen molar-refractivity contribution in [2.24, 2.45) is 5.92 Å². The summed E-state index contributed by atoms with van der Waals surface area (Å²) >= 11 is 5.60. The lowest BCUT2D eigenvalue weighted by molar-refractivity contribution is 0.0946. The zero-order valence-corrected chi connectivity index (χ0v) is 10.8. The highest BCUT2D eigenvalue weighted by Crippen LogP contribution is 2.01. The molecule has 17 heavy (non-hydrogen) atoms. The van der Waals surface area contributed by atoms with Crippen LogP contribution in [0.5, 0.6) is 0 Å². The van der Waals surface area contributed by atoms with Crippen molar-refractivity contribution in [1.29, 1.82) is 0 Å². The molecule has 2 N–H and O–H groups in total. The number of aryl methyl sites for hydroxylation is 1. The number of pyridine rings is 1. The Morgan fingerprint density at radius 3 is 2.88 bits per heavy atom. The Bertz CT molecular complexity index is 442. The molecule has 1 heterocycles. The lowest BCUT2D eigenvalue weighted by Crippen LogP contribution is -2.32. The Balaban J connectivity index is 2.61. The topological polar surface area (TPSA) is 62.0 Å². The minimum Gasteiger partial charge on any atom is -0.364 e. The molecule has 0 aliphatic heterocycles. The van der Waals surface area contributed by atoms with Gasteiger partial charge in [0.1, 0.15) is 5.56 Å². The van der Waals surface area contributed by atoms with Crippen LogP contribution in [0.15, 0.2) is 17.1 Å². The summed E-state index contributed by atoms with van der Waals surface area (Å²) in [5, 5.41) is 2.73. The predicted molar refractivity (Wildman–Crippen MR) is 68.6 cm³/mol. The second-order valence-corrected chi connectivity index (χ2v) is 4.56. The second kappa shape index (κ2) is 6.45. The van der Waals surface area contributed by atoms with Gasteiger partial charge in [0.15, 0.2) is 5.43 Å². The van der Waals surface area contributed by atoms with Crippen LogP contribution in [0, 0.1) is 12.8 Å². The van der Waals surface area contributed by atoms with Crippen molar-refractivity contribution in [3.63, 3.8) is 0 Å². The third kappa shape index (κ3) is 4.23. The first-order chi connectivity index (χ1) is 8.04. The molecule has 0 spiro atoms. The standard InChI is InChI=1S/C12H17ClN2O2/c1-8(3-4-13)6-15-12(17)10-7-14-9(2)5-11(10)16/h5,7-8H,3-4,6H2,1-2H3,(H,14,16)(H,15,17). The minimum atomic E-state index is -0.340. The Morgan fingerprint density at radius 2 is 2.29 bits per heavy atom. The molecule has 0 aromatic carbocycles. The molecule has 1 aromatic rings. The number of aromatic nitrogens is 1. The summed E-state index contributed by atoms with van der Waals surface area (Å²) in [6.07, 6.45) is 2.28. The van der Waals surface area contributed by atoms with Crippen LogP contribution in [0.4, 0.5) is 0 Å². The van der Waals surface area contributed by atoms with Crippen LogP contribution in [0.2, 0.25) is 0 Å².